The molecule has 0 saturated carbocycles. The first-order chi connectivity index (χ1) is 13.4. The third-order valence-electron chi connectivity index (χ3n) is 4.61. The van der Waals surface area contributed by atoms with E-state index in [-0.39, 0.29) is 24.9 Å². The Kier molecular flexibility index (Phi) is 6.99. The molecular weight excluding hydrogens is 394 g/mol. The van der Waals surface area contributed by atoms with Crippen LogP contribution in [0.2, 0.25) is 5.02 Å². The Bertz CT molecular complexity index is 861. The topological polar surface area (TPSA) is 53.9 Å². The number of carbonyl (C=O) groups excluding carboxylic acids is 2. The van der Waals surface area contributed by atoms with Gasteiger partial charge >= 0.3 is 0 Å². The zero-order chi connectivity index (χ0) is 20.1. The van der Waals surface area contributed by atoms with Gasteiger partial charge in [0.2, 0.25) is 0 Å². The van der Waals surface area contributed by atoms with E-state index in [4.69, 9.17) is 11.6 Å². The first kappa shape index (κ1) is 20.7. The number of thioether (sulfide) groups is 1. The number of anilines is 2. The number of benzene rings is 2. The highest BCUT2D eigenvalue weighted by Crippen LogP contribution is 2.37. The molecule has 2 aromatic carbocycles. The van der Waals surface area contributed by atoms with E-state index < -0.39 is 0 Å². The van der Waals surface area contributed by atoms with Crippen molar-refractivity contribution in [2.24, 2.45) is 0 Å². The minimum atomic E-state index is -0.168. The first-order valence-electron chi connectivity index (χ1n) is 9.36. The molecule has 3 rings (SSSR count). The van der Waals surface area contributed by atoms with E-state index >= 15 is 0 Å². The fraction of sp³-hybridized carbons (Fsp3) is 0.333. The highest BCUT2D eigenvalue weighted by Gasteiger charge is 2.26. The summed E-state index contributed by atoms with van der Waals surface area (Å²) in [6.45, 7) is 3.33. The quantitative estimate of drug-likeness (QED) is 0.785. The molecule has 2 amide bonds. The molecule has 1 aliphatic heterocycles. The molecule has 1 unspecified atom stereocenters. The maximum atomic E-state index is 13.0. The molecule has 2 atom stereocenters. The second-order valence-corrected chi connectivity index (χ2v) is 8.96. The van der Waals surface area contributed by atoms with Gasteiger partial charge in [0.05, 0.1) is 23.4 Å². The lowest BCUT2D eigenvalue weighted by Gasteiger charge is -2.24. The van der Waals surface area contributed by atoms with E-state index in [1.807, 2.05) is 54.0 Å². The molecule has 0 aliphatic carbocycles. The molecule has 7 heteroatoms. The van der Waals surface area contributed by atoms with Crippen molar-refractivity contribution in [1.29, 1.82) is 0 Å². The SMILES string of the molecule is C[C@@H]1CCN(C(=O)C[NH+](C)CC(=O)Nc2ccccc2Cl)c2ccccc2S1. The van der Waals surface area contributed by atoms with Crippen LogP contribution in [0.25, 0.3) is 0 Å². The molecule has 0 saturated heterocycles. The molecule has 0 radical (unpaired) electrons. The summed E-state index contributed by atoms with van der Waals surface area (Å²) in [5, 5.41) is 3.77. The predicted molar refractivity (Wildman–Crippen MR) is 115 cm³/mol. The summed E-state index contributed by atoms with van der Waals surface area (Å²) < 4.78 is 0. The number of carbonyl (C=O) groups is 2. The van der Waals surface area contributed by atoms with Gasteiger partial charge in [-0.15, -0.1) is 11.8 Å². The number of amides is 2. The minimum Gasteiger partial charge on any atom is -0.322 e. The zero-order valence-corrected chi connectivity index (χ0v) is 17.6. The van der Waals surface area contributed by atoms with Crippen molar-refractivity contribution in [1.82, 2.24) is 0 Å². The number of hydrogen-bond acceptors (Lipinski definition) is 3. The number of para-hydroxylation sites is 2. The van der Waals surface area contributed by atoms with Gasteiger partial charge in [0.15, 0.2) is 13.1 Å². The van der Waals surface area contributed by atoms with Crippen LogP contribution in [0.15, 0.2) is 53.4 Å². The van der Waals surface area contributed by atoms with Crippen molar-refractivity contribution in [2.45, 2.75) is 23.5 Å². The van der Waals surface area contributed by atoms with Crippen LogP contribution in [0.5, 0.6) is 0 Å². The highest BCUT2D eigenvalue weighted by atomic mass is 35.5. The van der Waals surface area contributed by atoms with Crippen LogP contribution in [-0.2, 0) is 9.59 Å². The Hall–Kier alpha value is -2.02. The molecule has 2 N–H and O–H groups in total. The first-order valence-corrected chi connectivity index (χ1v) is 10.6. The standard InChI is InChI=1S/C21H24ClN3O2S/c1-15-11-12-25(18-9-5-6-10-19(18)28-15)21(27)14-24(2)13-20(26)23-17-8-4-3-7-16(17)22/h3-10,15H,11-14H2,1-2H3,(H,23,26)/p+1/t15-/m1/s1. The number of halogens is 1. The Balaban J connectivity index is 1.61. The predicted octanol–water partition coefficient (Wildman–Crippen LogP) is 2.71. The molecule has 0 aromatic heterocycles. The number of likely N-dealkylation sites (N-methyl/N-ethyl adjacent to an activating group) is 1. The summed E-state index contributed by atoms with van der Waals surface area (Å²) in [6, 6.07) is 15.1. The van der Waals surface area contributed by atoms with Crippen molar-refractivity contribution in [2.75, 3.05) is 36.9 Å². The maximum Gasteiger partial charge on any atom is 0.282 e. The van der Waals surface area contributed by atoms with Crippen LogP contribution in [0.3, 0.4) is 0 Å². The lowest BCUT2D eigenvalue weighted by Crippen LogP contribution is -3.11. The monoisotopic (exact) mass is 418 g/mol. The van der Waals surface area contributed by atoms with Crippen molar-refractivity contribution >= 4 is 46.6 Å². The third-order valence-corrected chi connectivity index (χ3v) is 6.17. The van der Waals surface area contributed by atoms with Gasteiger partial charge in [0.25, 0.3) is 11.8 Å². The molecule has 5 nitrogen and oxygen atoms in total. The third kappa shape index (κ3) is 5.28. The molecule has 148 valence electrons. The highest BCUT2D eigenvalue weighted by molar-refractivity contribution is 8.00. The molecule has 0 bridgehead atoms. The molecule has 0 spiro atoms. The number of hydrogen-bond donors (Lipinski definition) is 2. The second-order valence-electron chi connectivity index (χ2n) is 7.07. The van der Waals surface area contributed by atoms with Crippen molar-refractivity contribution in [3.8, 4) is 0 Å². The Morgan fingerprint density at radius 2 is 1.89 bits per heavy atom. The Morgan fingerprint density at radius 1 is 1.18 bits per heavy atom. The van der Waals surface area contributed by atoms with Crippen LogP contribution in [0.4, 0.5) is 11.4 Å². The van der Waals surface area contributed by atoms with Crippen LogP contribution in [0, 0.1) is 0 Å². The largest absolute Gasteiger partial charge is 0.322 e. The molecule has 1 aliphatic rings. The zero-order valence-electron chi connectivity index (χ0n) is 16.1. The average molecular weight is 419 g/mol. The van der Waals surface area contributed by atoms with Gasteiger partial charge in [-0.05, 0) is 30.7 Å². The van der Waals surface area contributed by atoms with Crippen molar-refractivity contribution in [3.05, 3.63) is 53.6 Å². The Morgan fingerprint density at radius 3 is 2.68 bits per heavy atom. The van der Waals surface area contributed by atoms with Gasteiger partial charge in [0.1, 0.15) is 0 Å². The lowest BCUT2D eigenvalue weighted by molar-refractivity contribution is -0.862. The number of fused-ring (bicyclic) bond motifs is 1. The van der Waals surface area contributed by atoms with Gasteiger partial charge in [0, 0.05) is 16.7 Å². The van der Waals surface area contributed by atoms with Crippen LogP contribution in [0.1, 0.15) is 13.3 Å². The summed E-state index contributed by atoms with van der Waals surface area (Å²) in [4.78, 5) is 29.1. The number of rotatable bonds is 5. The van der Waals surface area contributed by atoms with Crippen LogP contribution >= 0.6 is 23.4 Å². The maximum absolute atomic E-state index is 13.0. The van der Waals surface area contributed by atoms with Crippen molar-refractivity contribution in [3.63, 3.8) is 0 Å². The Labute approximate surface area is 175 Å². The van der Waals surface area contributed by atoms with Gasteiger partial charge < -0.3 is 15.1 Å². The number of nitrogens with zero attached hydrogens (tertiary/aromatic N) is 1. The van der Waals surface area contributed by atoms with E-state index in [1.165, 1.54) is 0 Å². The van der Waals surface area contributed by atoms with E-state index in [0.717, 1.165) is 21.9 Å². The second kappa shape index (κ2) is 9.45. The summed E-state index contributed by atoms with van der Waals surface area (Å²) >= 11 is 7.89. The average Bonchev–Trinajstić information content (AvgIpc) is 2.81. The number of nitrogens with one attached hydrogen (secondary N) is 2. The van der Waals surface area contributed by atoms with Gasteiger partial charge in [-0.1, -0.05) is 42.8 Å². The fourth-order valence-electron chi connectivity index (χ4n) is 3.19. The molecule has 28 heavy (non-hydrogen) atoms. The summed E-state index contributed by atoms with van der Waals surface area (Å²) in [5.74, 6) is -0.135. The molecule has 0 fully saturated rings. The normalized spacial score (nSPS) is 17.4. The molecule has 1 heterocycles. The smallest absolute Gasteiger partial charge is 0.282 e. The summed E-state index contributed by atoms with van der Waals surface area (Å²) in [5.41, 5.74) is 1.55. The van der Waals surface area contributed by atoms with E-state index in [9.17, 15) is 9.59 Å². The molecule has 2 aromatic rings. The summed E-state index contributed by atoms with van der Waals surface area (Å²) in [6.07, 6.45) is 0.942. The number of quaternary nitrogens is 1. The minimum absolute atomic E-state index is 0.0326. The van der Waals surface area contributed by atoms with Gasteiger partial charge in [-0.2, -0.15) is 0 Å². The van der Waals surface area contributed by atoms with E-state index in [0.29, 0.717) is 22.5 Å². The lowest BCUT2D eigenvalue weighted by atomic mass is 10.2. The van der Waals surface area contributed by atoms with Crippen LogP contribution < -0.4 is 15.1 Å². The van der Waals surface area contributed by atoms with Gasteiger partial charge in [-0.3, -0.25) is 9.59 Å². The van der Waals surface area contributed by atoms with E-state index in [1.54, 1.807) is 12.1 Å². The van der Waals surface area contributed by atoms with Gasteiger partial charge in [-0.25, -0.2) is 0 Å². The molecular formula is C21H25ClN3O2S+. The fourth-order valence-corrected chi connectivity index (χ4v) is 4.49. The summed E-state index contributed by atoms with van der Waals surface area (Å²) in [7, 11) is 1.85. The van der Waals surface area contributed by atoms with E-state index in [2.05, 4.69) is 18.3 Å². The van der Waals surface area contributed by atoms with Crippen molar-refractivity contribution < 1.29 is 14.5 Å². The van der Waals surface area contributed by atoms with Crippen LogP contribution in [-0.4, -0.2) is 43.7 Å².